The lowest BCUT2D eigenvalue weighted by atomic mass is 9.89. The van der Waals surface area contributed by atoms with Crippen LogP contribution in [0.5, 0.6) is 0 Å². The van der Waals surface area contributed by atoms with Gasteiger partial charge >= 0.3 is 6.09 Å². The molecule has 5 rings (SSSR count). The Bertz CT molecular complexity index is 1080. The maximum atomic E-state index is 12.9. The van der Waals surface area contributed by atoms with E-state index in [1.807, 2.05) is 41.3 Å². The second-order valence-electron chi connectivity index (χ2n) is 8.05. The number of carbonyl (C=O) groups excluding carboxylic acids is 1. The van der Waals surface area contributed by atoms with Gasteiger partial charge in [0.1, 0.15) is 6.61 Å². The predicted molar refractivity (Wildman–Crippen MR) is 121 cm³/mol. The summed E-state index contributed by atoms with van der Waals surface area (Å²) in [5, 5.41) is 0. The van der Waals surface area contributed by atoms with Crippen LogP contribution >= 0.6 is 0 Å². The Morgan fingerprint density at radius 3 is 2.35 bits per heavy atom. The zero-order valence-corrected chi connectivity index (χ0v) is 17.3. The fourth-order valence-corrected chi connectivity index (χ4v) is 4.42. The Labute approximate surface area is 182 Å². The van der Waals surface area contributed by atoms with E-state index >= 15 is 0 Å². The van der Waals surface area contributed by atoms with Crippen molar-refractivity contribution >= 4 is 11.7 Å². The topological polar surface area (TPSA) is 38.8 Å². The maximum Gasteiger partial charge on any atom is 0.411 e. The van der Waals surface area contributed by atoms with Crippen LogP contribution in [-0.4, -0.2) is 36.3 Å². The second kappa shape index (κ2) is 8.78. The molecule has 1 fully saturated rings. The van der Waals surface area contributed by atoms with Gasteiger partial charge in [0, 0.05) is 0 Å². The van der Waals surface area contributed by atoms with Crippen molar-refractivity contribution in [2.75, 3.05) is 13.2 Å². The molecule has 2 atom stereocenters. The Balaban J connectivity index is 1.35. The molecule has 4 nitrogen and oxygen atoms in total. The first kappa shape index (κ1) is 19.6. The molecule has 0 N–H and O–H groups in total. The molecule has 4 heteroatoms. The van der Waals surface area contributed by atoms with Crippen molar-refractivity contribution in [1.29, 1.82) is 0 Å². The predicted octanol–water partition coefficient (Wildman–Crippen LogP) is 5.55. The lowest BCUT2D eigenvalue weighted by Crippen LogP contribution is -2.56. The van der Waals surface area contributed by atoms with Gasteiger partial charge in [0.25, 0.3) is 0 Å². The van der Waals surface area contributed by atoms with E-state index in [-0.39, 0.29) is 24.8 Å². The maximum absolute atomic E-state index is 12.9. The van der Waals surface area contributed by atoms with Crippen molar-refractivity contribution in [3.05, 3.63) is 102 Å². The normalized spacial score (nSPS) is 20.1. The summed E-state index contributed by atoms with van der Waals surface area (Å²) in [6.07, 6.45) is 2.66. The fourth-order valence-electron chi connectivity index (χ4n) is 4.42. The van der Waals surface area contributed by atoms with Gasteiger partial charge in [-0.05, 0) is 40.3 Å². The van der Waals surface area contributed by atoms with Crippen molar-refractivity contribution in [2.45, 2.75) is 25.1 Å². The van der Waals surface area contributed by atoms with E-state index in [4.69, 9.17) is 9.47 Å². The molecule has 0 spiro atoms. The number of benzene rings is 3. The fraction of sp³-hybridized carbons (Fsp3) is 0.222. The number of rotatable bonds is 4. The summed E-state index contributed by atoms with van der Waals surface area (Å²) in [6.45, 7) is 1.32. The van der Waals surface area contributed by atoms with Crippen LogP contribution in [0.25, 0.3) is 16.7 Å². The van der Waals surface area contributed by atoms with Gasteiger partial charge in [0.15, 0.2) is 0 Å². The molecular formula is C27H25NO3. The van der Waals surface area contributed by atoms with E-state index in [9.17, 15) is 4.79 Å². The molecule has 2 bridgehead atoms. The molecular weight excluding hydrogens is 386 g/mol. The Kier molecular flexibility index (Phi) is 5.55. The van der Waals surface area contributed by atoms with Crippen LogP contribution in [0.2, 0.25) is 0 Å². The van der Waals surface area contributed by atoms with Crippen molar-refractivity contribution in [2.24, 2.45) is 0 Å². The van der Waals surface area contributed by atoms with Crippen LogP contribution in [0.15, 0.2) is 91.0 Å². The van der Waals surface area contributed by atoms with E-state index < -0.39 is 0 Å². The van der Waals surface area contributed by atoms with Gasteiger partial charge in [-0.3, -0.25) is 4.90 Å². The van der Waals surface area contributed by atoms with Crippen molar-refractivity contribution in [3.63, 3.8) is 0 Å². The minimum absolute atomic E-state index is 0.0117. The number of amides is 1. The number of fused-ring (bicyclic) bond motifs is 2. The molecule has 3 aromatic rings. The average Bonchev–Trinajstić information content (AvgIpc) is 2.83. The SMILES string of the molecule is O=C(OCc1ccccc1)N1C2C=C(c3cccc(-c4ccccc4)c3)CC1COC2. The summed E-state index contributed by atoms with van der Waals surface area (Å²) in [5.74, 6) is 0. The number of ether oxygens (including phenoxy) is 2. The van der Waals surface area contributed by atoms with Crippen LogP contribution in [0.4, 0.5) is 4.79 Å². The monoisotopic (exact) mass is 411 g/mol. The number of hydrogen-bond donors (Lipinski definition) is 0. The molecule has 0 saturated carbocycles. The Morgan fingerprint density at radius 2 is 1.58 bits per heavy atom. The Morgan fingerprint density at radius 1 is 0.871 bits per heavy atom. The van der Waals surface area contributed by atoms with E-state index in [1.165, 1.54) is 22.3 Å². The van der Waals surface area contributed by atoms with Gasteiger partial charge in [-0.2, -0.15) is 0 Å². The number of carbonyl (C=O) groups is 1. The van der Waals surface area contributed by atoms with Crippen LogP contribution in [-0.2, 0) is 16.1 Å². The quantitative estimate of drug-likeness (QED) is 0.565. The third kappa shape index (κ3) is 4.25. The van der Waals surface area contributed by atoms with E-state index in [0.717, 1.165) is 12.0 Å². The van der Waals surface area contributed by atoms with Crippen LogP contribution < -0.4 is 0 Å². The molecule has 156 valence electrons. The zero-order valence-electron chi connectivity index (χ0n) is 17.3. The van der Waals surface area contributed by atoms with Crippen LogP contribution in [0, 0.1) is 0 Å². The molecule has 0 radical (unpaired) electrons. The smallest absolute Gasteiger partial charge is 0.411 e. The molecule has 2 aliphatic heterocycles. The van der Waals surface area contributed by atoms with Crippen molar-refractivity contribution in [3.8, 4) is 11.1 Å². The number of nitrogens with zero attached hydrogens (tertiary/aromatic N) is 1. The minimum atomic E-state index is -0.268. The van der Waals surface area contributed by atoms with Crippen LogP contribution in [0.3, 0.4) is 0 Å². The zero-order chi connectivity index (χ0) is 21.0. The highest BCUT2D eigenvalue weighted by Crippen LogP contribution is 2.34. The van der Waals surface area contributed by atoms with E-state index in [1.54, 1.807) is 0 Å². The minimum Gasteiger partial charge on any atom is -0.445 e. The van der Waals surface area contributed by atoms with Gasteiger partial charge in [-0.15, -0.1) is 0 Å². The van der Waals surface area contributed by atoms with E-state index in [2.05, 4.69) is 54.6 Å². The molecule has 0 aliphatic carbocycles. The first-order chi connectivity index (χ1) is 15.3. The summed E-state index contributed by atoms with van der Waals surface area (Å²) >= 11 is 0. The first-order valence-corrected chi connectivity index (χ1v) is 10.7. The lowest BCUT2D eigenvalue weighted by molar-refractivity contribution is -0.0342. The molecule has 1 saturated heterocycles. The highest BCUT2D eigenvalue weighted by Gasteiger charge is 2.39. The van der Waals surface area contributed by atoms with Gasteiger partial charge < -0.3 is 9.47 Å². The molecule has 31 heavy (non-hydrogen) atoms. The third-order valence-corrected chi connectivity index (χ3v) is 5.96. The van der Waals surface area contributed by atoms with Crippen molar-refractivity contribution < 1.29 is 14.3 Å². The average molecular weight is 412 g/mol. The lowest BCUT2D eigenvalue weighted by Gasteiger charge is -2.43. The molecule has 2 heterocycles. The molecule has 2 aliphatic rings. The summed E-state index contributed by atoms with van der Waals surface area (Å²) in [7, 11) is 0. The summed E-state index contributed by atoms with van der Waals surface area (Å²) in [6, 6.07) is 28.7. The highest BCUT2D eigenvalue weighted by molar-refractivity contribution is 5.77. The highest BCUT2D eigenvalue weighted by atomic mass is 16.6. The molecule has 3 aromatic carbocycles. The molecule has 1 amide bonds. The summed E-state index contributed by atoms with van der Waals surface area (Å²) < 4.78 is 11.4. The van der Waals surface area contributed by atoms with Crippen LogP contribution in [0.1, 0.15) is 17.5 Å². The standard InChI is InChI=1S/C27H25NO3/c29-27(31-17-20-8-3-1-4-9-20)28-25-15-24(16-26(28)19-30-18-25)23-13-7-12-22(14-23)21-10-5-2-6-11-21/h1-15,25-26H,16-19H2. The number of morpholine rings is 1. The van der Waals surface area contributed by atoms with Gasteiger partial charge in [0.05, 0.1) is 25.3 Å². The molecule has 2 unspecified atom stereocenters. The number of hydrogen-bond acceptors (Lipinski definition) is 3. The molecule has 0 aromatic heterocycles. The third-order valence-electron chi connectivity index (χ3n) is 5.96. The first-order valence-electron chi connectivity index (χ1n) is 10.7. The largest absolute Gasteiger partial charge is 0.445 e. The van der Waals surface area contributed by atoms with Gasteiger partial charge in [-0.1, -0.05) is 84.9 Å². The van der Waals surface area contributed by atoms with Gasteiger partial charge in [0.2, 0.25) is 0 Å². The van der Waals surface area contributed by atoms with Gasteiger partial charge in [-0.25, -0.2) is 4.79 Å². The summed E-state index contributed by atoms with van der Waals surface area (Å²) in [5.41, 5.74) is 5.86. The van der Waals surface area contributed by atoms with Crippen molar-refractivity contribution in [1.82, 2.24) is 4.90 Å². The summed E-state index contributed by atoms with van der Waals surface area (Å²) in [4.78, 5) is 14.7. The Hall–Kier alpha value is -3.37. The second-order valence-corrected chi connectivity index (χ2v) is 8.05. The van der Waals surface area contributed by atoms with E-state index in [0.29, 0.717) is 13.2 Å².